The average Bonchev–Trinajstić information content (AvgIpc) is 2.87. The number of carboxylic acid groups (broad SMARTS) is 1. The molecule has 0 unspecified atom stereocenters. The van der Waals surface area contributed by atoms with E-state index < -0.39 is 28.0 Å². The molecule has 0 aliphatic carbocycles. The molecule has 1 aliphatic heterocycles. The van der Waals surface area contributed by atoms with Crippen molar-refractivity contribution in [2.75, 3.05) is 6.54 Å². The molecule has 1 saturated heterocycles. The molecule has 0 radical (unpaired) electrons. The highest BCUT2D eigenvalue weighted by Gasteiger charge is 2.45. The molecular formula is C27H26N2O4S2. The number of hydrogen-bond donors (Lipinski definition) is 1. The summed E-state index contributed by atoms with van der Waals surface area (Å²) < 4.78 is 28.8. The number of sulfonamides is 1. The third-order valence-electron chi connectivity index (χ3n) is 6.30. The van der Waals surface area contributed by atoms with Gasteiger partial charge in [-0.1, -0.05) is 60.2 Å². The van der Waals surface area contributed by atoms with Gasteiger partial charge in [-0.3, -0.25) is 4.79 Å². The topological polar surface area (TPSA) is 98.5 Å². The van der Waals surface area contributed by atoms with Crippen molar-refractivity contribution in [1.29, 1.82) is 5.26 Å². The lowest BCUT2D eigenvalue weighted by Crippen LogP contribution is -2.49. The maximum Gasteiger partial charge on any atom is 0.308 e. The molecule has 0 saturated carbocycles. The van der Waals surface area contributed by atoms with Crippen LogP contribution in [0.5, 0.6) is 0 Å². The standard InChI is InChI=1S/C27H26N2O4S2/c1-19-7-13-23(14-8-19)35(32,33)29-17-24(27(30)31)26(34-18-21-5-3-2-4-6-21)15-25(29)22-11-9-20(16-28)10-12-22/h2-14,24-26H,15,17-18H2,1H3,(H,30,31)/t24-,25+,26-/m1/s1. The van der Waals surface area contributed by atoms with Gasteiger partial charge in [0, 0.05) is 17.5 Å². The highest BCUT2D eigenvalue weighted by molar-refractivity contribution is 7.99. The molecule has 180 valence electrons. The molecule has 35 heavy (non-hydrogen) atoms. The van der Waals surface area contributed by atoms with Crippen LogP contribution in [0.15, 0.2) is 83.8 Å². The largest absolute Gasteiger partial charge is 0.481 e. The molecule has 0 aromatic heterocycles. The second-order valence-corrected chi connectivity index (χ2v) is 11.8. The van der Waals surface area contributed by atoms with Crippen LogP contribution in [0.4, 0.5) is 0 Å². The molecule has 6 nitrogen and oxygen atoms in total. The predicted molar refractivity (Wildman–Crippen MR) is 136 cm³/mol. The second kappa shape index (κ2) is 10.6. The number of hydrogen-bond acceptors (Lipinski definition) is 5. The van der Waals surface area contributed by atoms with Crippen molar-refractivity contribution in [3.05, 3.63) is 101 Å². The molecule has 0 spiro atoms. The third-order valence-corrected chi connectivity index (χ3v) is 9.64. The van der Waals surface area contributed by atoms with Crippen molar-refractivity contribution >= 4 is 27.8 Å². The van der Waals surface area contributed by atoms with Gasteiger partial charge in [0.25, 0.3) is 0 Å². The smallest absolute Gasteiger partial charge is 0.308 e. The summed E-state index contributed by atoms with van der Waals surface area (Å²) >= 11 is 1.55. The van der Waals surface area contributed by atoms with E-state index in [1.165, 1.54) is 4.31 Å². The van der Waals surface area contributed by atoms with Crippen molar-refractivity contribution in [3.63, 3.8) is 0 Å². The number of rotatable bonds is 7. The molecule has 1 heterocycles. The Morgan fingerprint density at radius 1 is 1.06 bits per heavy atom. The Morgan fingerprint density at radius 3 is 2.31 bits per heavy atom. The monoisotopic (exact) mass is 506 g/mol. The van der Waals surface area contributed by atoms with Gasteiger partial charge in [0.05, 0.1) is 28.5 Å². The Hall–Kier alpha value is -3.12. The normalized spacial score (nSPS) is 20.7. The number of carbonyl (C=O) groups is 1. The number of aryl methyl sites for hydroxylation is 1. The van der Waals surface area contributed by atoms with Crippen molar-refractivity contribution in [3.8, 4) is 6.07 Å². The zero-order valence-corrected chi connectivity index (χ0v) is 20.9. The zero-order valence-electron chi connectivity index (χ0n) is 19.2. The Morgan fingerprint density at radius 2 is 1.71 bits per heavy atom. The lowest BCUT2D eigenvalue weighted by atomic mass is 9.90. The lowest BCUT2D eigenvalue weighted by Gasteiger charge is -2.41. The summed E-state index contributed by atoms with van der Waals surface area (Å²) in [5.41, 5.74) is 3.25. The first-order valence-corrected chi connectivity index (χ1v) is 13.8. The summed E-state index contributed by atoms with van der Waals surface area (Å²) in [5, 5.41) is 19.0. The molecule has 3 atom stereocenters. The fraction of sp³-hybridized carbons (Fsp3) is 0.259. The first-order chi connectivity index (χ1) is 16.8. The van der Waals surface area contributed by atoms with Gasteiger partial charge >= 0.3 is 5.97 Å². The van der Waals surface area contributed by atoms with E-state index in [0.717, 1.165) is 16.7 Å². The maximum atomic E-state index is 13.7. The fourth-order valence-electron chi connectivity index (χ4n) is 4.33. The quantitative estimate of drug-likeness (QED) is 0.484. The van der Waals surface area contributed by atoms with Gasteiger partial charge in [-0.15, -0.1) is 0 Å². The first-order valence-electron chi connectivity index (χ1n) is 11.3. The fourth-order valence-corrected chi connectivity index (χ4v) is 7.34. The minimum atomic E-state index is -3.95. The molecule has 8 heteroatoms. The summed E-state index contributed by atoms with van der Waals surface area (Å²) in [6.07, 6.45) is 0.353. The van der Waals surface area contributed by atoms with Crippen LogP contribution in [0.25, 0.3) is 0 Å². The van der Waals surface area contributed by atoms with Gasteiger partial charge in [-0.25, -0.2) is 8.42 Å². The number of thioether (sulfide) groups is 1. The van der Waals surface area contributed by atoms with Gasteiger partial charge in [-0.2, -0.15) is 21.3 Å². The van der Waals surface area contributed by atoms with Crippen LogP contribution in [-0.4, -0.2) is 35.6 Å². The molecule has 4 rings (SSSR count). The average molecular weight is 507 g/mol. The number of nitriles is 1. The highest BCUT2D eigenvalue weighted by atomic mass is 32.2. The van der Waals surface area contributed by atoms with E-state index in [9.17, 15) is 23.6 Å². The van der Waals surface area contributed by atoms with Gasteiger partial charge in [0.1, 0.15) is 0 Å². The third kappa shape index (κ3) is 5.59. The number of aliphatic carboxylic acids is 1. The van der Waals surface area contributed by atoms with Crippen LogP contribution in [0.3, 0.4) is 0 Å². The van der Waals surface area contributed by atoms with Gasteiger partial charge in [-0.05, 0) is 48.7 Å². The van der Waals surface area contributed by atoms with Crippen molar-refractivity contribution in [2.24, 2.45) is 5.92 Å². The van der Waals surface area contributed by atoms with E-state index in [0.29, 0.717) is 17.7 Å². The minimum absolute atomic E-state index is 0.122. The summed E-state index contributed by atoms with van der Waals surface area (Å²) in [6, 6.07) is 24.8. The minimum Gasteiger partial charge on any atom is -0.481 e. The number of benzene rings is 3. The maximum absolute atomic E-state index is 13.7. The summed E-state index contributed by atoms with van der Waals surface area (Å²) in [6.45, 7) is 1.76. The summed E-state index contributed by atoms with van der Waals surface area (Å²) in [5.74, 6) is -1.21. The zero-order chi connectivity index (χ0) is 25.0. The van der Waals surface area contributed by atoms with Crippen LogP contribution in [-0.2, 0) is 20.6 Å². The van der Waals surface area contributed by atoms with E-state index in [4.69, 9.17) is 0 Å². The highest BCUT2D eigenvalue weighted by Crippen LogP contribution is 2.43. The van der Waals surface area contributed by atoms with Gasteiger partial charge in [0.15, 0.2) is 0 Å². The first kappa shape index (κ1) is 25.0. The van der Waals surface area contributed by atoms with E-state index in [2.05, 4.69) is 6.07 Å². The van der Waals surface area contributed by atoms with Crippen LogP contribution in [0, 0.1) is 24.2 Å². The van der Waals surface area contributed by atoms with Crippen LogP contribution in [0.1, 0.15) is 34.7 Å². The second-order valence-electron chi connectivity index (χ2n) is 8.65. The Kier molecular flexibility index (Phi) is 7.60. The van der Waals surface area contributed by atoms with E-state index in [1.54, 1.807) is 60.3 Å². The molecule has 1 aliphatic rings. The Labute approximate surface area is 210 Å². The van der Waals surface area contributed by atoms with E-state index in [1.807, 2.05) is 37.3 Å². The van der Waals surface area contributed by atoms with Gasteiger partial charge < -0.3 is 5.11 Å². The molecule has 3 aromatic carbocycles. The molecule has 1 N–H and O–H groups in total. The number of carboxylic acids is 1. The van der Waals surface area contributed by atoms with Gasteiger partial charge in [0.2, 0.25) is 10.0 Å². The van der Waals surface area contributed by atoms with Crippen LogP contribution >= 0.6 is 11.8 Å². The van der Waals surface area contributed by atoms with E-state index >= 15 is 0 Å². The van der Waals surface area contributed by atoms with Crippen molar-refractivity contribution < 1.29 is 18.3 Å². The van der Waals surface area contributed by atoms with E-state index in [-0.39, 0.29) is 16.7 Å². The van der Waals surface area contributed by atoms with Crippen molar-refractivity contribution in [2.45, 2.75) is 35.3 Å². The Bertz CT molecular complexity index is 1320. The summed E-state index contributed by atoms with van der Waals surface area (Å²) in [7, 11) is -3.95. The van der Waals surface area contributed by atoms with Crippen LogP contribution in [0.2, 0.25) is 0 Å². The molecular weight excluding hydrogens is 480 g/mol. The van der Waals surface area contributed by atoms with Crippen molar-refractivity contribution in [1.82, 2.24) is 4.31 Å². The van der Waals surface area contributed by atoms with Crippen LogP contribution < -0.4 is 0 Å². The molecule has 0 bridgehead atoms. The molecule has 3 aromatic rings. The number of piperidine rings is 1. The summed E-state index contributed by atoms with van der Waals surface area (Å²) in [4.78, 5) is 12.4. The number of nitrogens with zero attached hydrogens (tertiary/aromatic N) is 2. The molecule has 0 amide bonds. The predicted octanol–water partition coefficient (Wildman–Crippen LogP) is 5.01. The Balaban J connectivity index is 1.71. The lowest BCUT2D eigenvalue weighted by molar-refractivity contribution is -0.143. The SMILES string of the molecule is Cc1ccc(S(=O)(=O)N2C[C@@H](C(=O)O)[C@H](SCc3ccccc3)C[C@H]2c2ccc(C#N)cc2)cc1. The molecule has 1 fully saturated rings.